The summed E-state index contributed by atoms with van der Waals surface area (Å²) in [6.45, 7) is 7.24. The van der Waals surface area contributed by atoms with Gasteiger partial charge in [0, 0.05) is 32.7 Å². The Morgan fingerprint density at radius 1 is 1.33 bits per heavy atom. The summed E-state index contributed by atoms with van der Waals surface area (Å²) >= 11 is 0. The Kier molecular flexibility index (Phi) is 11.2. The van der Waals surface area contributed by atoms with Crippen molar-refractivity contribution in [1.82, 2.24) is 25.8 Å². The van der Waals surface area contributed by atoms with E-state index >= 15 is 0 Å². The van der Waals surface area contributed by atoms with Crippen LogP contribution in [0.5, 0.6) is 0 Å². The summed E-state index contributed by atoms with van der Waals surface area (Å²) in [6, 6.07) is 3.68. The van der Waals surface area contributed by atoms with Crippen LogP contribution in [0.1, 0.15) is 51.8 Å². The molecule has 3 N–H and O–H groups in total. The molecule has 2 heterocycles. The van der Waals surface area contributed by atoms with E-state index in [1.165, 1.54) is 25.7 Å². The van der Waals surface area contributed by atoms with Crippen LogP contribution in [0.4, 0.5) is 0 Å². The first-order valence-corrected chi connectivity index (χ1v) is 10.9. The van der Waals surface area contributed by atoms with Crippen LogP contribution in [-0.4, -0.2) is 53.5 Å². The predicted octanol–water partition coefficient (Wildman–Crippen LogP) is 3.77. The second-order valence-corrected chi connectivity index (χ2v) is 7.35. The van der Waals surface area contributed by atoms with Crippen LogP contribution in [0.3, 0.4) is 0 Å². The molecule has 2 aromatic rings. The Morgan fingerprint density at radius 2 is 2.17 bits per heavy atom. The standard InChI is InChI=1S/C21H34N6O2.HI/c1-3-22-21(23-13-11-17(28-4-2)16-8-5-6-9-16)24-14-12-19-25-20(27-26-19)18-10-7-15-29-18;/h7,10,15-17H,3-6,8-9,11-14H2,1-2H3,(H2,22,23,24)(H,25,26,27);1H. The van der Waals surface area contributed by atoms with Crippen LogP contribution in [-0.2, 0) is 11.2 Å². The molecule has 1 atom stereocenters. The number of aromatic nitrogens is 3. The molecule has 1 saturated carbocycles. The molecule has 30 heavy (non-hydrogen) atoms. The molecule has 0 bridgehead atoms. The summed E-state index contributed by atoms with van der Waals surface area (Å²) in [5, 5.41) is 13.8. The van der Waals surface area contributed by atoms with Gasteiger partial charge in [-0.2, -0.15) is 5.10 Å². The van der Waals surface area contributed by atoms with Crippen molar-refractivity contribution in [2.45, 2.75) is 58.5 Å². The van der Waals surface area contributed by atoms with Crippen LogP contribution in [0.2, 0.25) is 0 Å². The van der Waals surface area contributed by atoms with Crippen LogP contribution in [0.25, 0.3) is 11.6 Å². The van der Waals surface area contributed by atoms with E-state index in [-0.39, 0.29) is 24.0 Å². The summed E-state index contributed by atoms with van der Waals surface area (Å²) in [5.74, 6) is 3.61. The maximum Gasteiger partial charge on any atom is 0.216 e. The lowest BCUT2D eigenvalue weighted by molar-refractivity contribution is 0.0177. The summed E-state index contributed by atoms with van der Waals surface area (Å²) in [6.07, 6.45) is 8.92. The SMILES string of the molecule is CCNC(=NCCC(OCC)C1CCCC1)NCCc1nc(-c2ccco2)n[nH]1.I. The van der Waals surface area contributed by atoms with Crippen LogP contribution in [0, 0.1) is 5.92 Å². The summed E-state index contributed by atoms with van der Waals surface area (Å²) in [4.78, 5) is 9.21. The van der Waals surface area contributed by atoms with Gasteiger partial charge in [-0.05, 0) is 51.2 Å². The molecule has 0 saturated heterocycles. The minimum Gasteiger partial charge on any atom is -0.461 e. The third-order valence-corrected chi connectivity index (χ3v) is 5.26. The number of furan rings is 1. The molecule has 0 spiro atoms. The molecule has 1 aliphatic rings. The lowest BCUT2D eigenvalue weighted by Crippen LogP contribution is -2.38. The first-order valence-electron chi connectivity index (χ1n) is 10.9. The van der Waals surface area contributed by atoms with Crippen LogP contribution in [0.15, 0.2) is 27.8 Å². The predicted molar refractivity (Wildman–Crippen MR) is 129 cm³/mol. The van der Waals surface area contributed by atoms with E-state index in [1.54, 1.807) is 6.26 Å². The lowest BCUT2D eigenvalue weighted by Gasteiger charge is -2.22. The zero-order valence-corrected chi connectivity index (χ0v) is 20.4. The van der Waals surface area contributed by atoms with Crippen molar-refractivity contribution < 1.29 is 9.15 Å². The van der Waals surface area contributed by atoms with Gasteiger partial charge in [0.15, 0.2) is 11.7 Å². The van der Waals surface area contributed by atoms with Gasteiger partial charge in [0.1, 0.15) is 5.82 Å². The highest BCUT2D eigenvalue weighted by molar-refractivity contribution is 14.0. The highest BCUT2D eigenvalue weighted by Gasteiger charge is 2.24. The number of rotatable bonds is 11. The van der Waals surface area contributed by atoms with Crippen molar-refractivity contribution in [1.29, 1.82) is 0 Å². The number of hydrogen-bond acceptors (Lipinski definition) is 5. The van der Waals surface area contributed by atoms with Crippen LogP contribution < -0.4 is 10.6 Å². The molecule has 0 radical (unpaired) electrons. The number of H-pyrrole nitrogens is 1. The average Bonchev–Trinajstić information content (AvgIpc) is 3.49. The van der Waals surface area contributed by atoms with E-state index in [2.05, 4.69) is 39.7 Å². The number of nitrogens with one attached hydrogen (secondary N) is 3. The summed E-state index contributed by atoms with van der Waals surface area (Å²) in [7, 11) is 0. The lowest BCUT2D eigenvalue weighted by atomic mass is 9.98. The Balaban J connectivity index is 0.00000320. The first-order chi connectivity index (χ1) is 14.3. The molecule has 0 aromatic carbocycles. The molecule has 9 heteroatoms. The zero-order valence-electron chi connectivity index (χ0n) is 18.0. The fourth-order valence-corrected chi connectivity index (χ4v) is 3.87. The van der Waals surface area contributed by atoms with Crippen molar-refractivity contribution in [2.24, 2.45) is 10.9 Å². The first kappa shape index (κ1) is 24.6. The highest BCUT2D eigenvalue weighted by atomic mass is 127. The van der Waals surface area contributed by atoms with Gasteiger partial charge in [0.05, 0.1) is 12.4 Å². The fourth-order valence-electron chi connectivity index (χ4n) is 3.87. The van der Waals surface area contributed by atoms with Gasteiger partial charge in [-0.1, -0.05) is 12.8 Å². The molecule has 0 aliphatic heterocycles. The molecule has 1 aliphatic carbocycles. The monoisotopic (exact) mass is 530 g/mol. The third kappa shape index (κ3) is 7.57. The van der Waals surface area contributed by atoms with E-state index in [0.717, 1.165) is 50.9 Å². The zero-order chi connectivity index (χ0) is 20.3. The normalized spacial score (nSPS) is 15.7. The van der Waals surface area contributed by atoms with Gasteiger partial charge in [-0.3, -0.25) is 10.1 Å². The van der Waals surface area contributed by atoms with Crippen molar-refractivity contribution >= 4 is 29.9 Å². The maximum absolute atomic E-state index is 6.00. The number of nitrogens with zero attached hydrogens (tertiary/aromatic N) is 3. The molecular weight excluding hydrogens is 495 g/mol. The van der Waals surface area contributed by atoms with E-state index in [9.17, 15) is 0 Å². The molecule has 8 nitrogen and oxygen atoms in total. The van der Waals surface area contributed by atoms with Gasteiger partial charge < -0.3 is 19.8 Å². The van der Waals surface area contributed by atoms with Gasteiger partial charge in [-0.15, -0.1) is 24.0 Å². The second kappa shape index (κ2) is 13.6. The maximum atomic E-state index is 6.00. The Bertz CT molecular complexity index is 728. The number of hydrogen-bond donors (Lipinski definition) is 3. The topological polar surface area (TPSA) is 100 Å². The largest absolute Gasteiger partial charge is 0.461 e. The number of aromatic amines is 1. The smallest absolute Gasteiger partial charge is 0.216 e. The Labute approximate surface area is 196 Å². The number of aliphatic imine (C=N–C) groups is 1. The second-order valence-electron chi connectivity index (χ2n) is 7.35. The van der Waals surface area contributed by atoms with Crippen molar-refractivity contribution in [2.75, 3.05) is 26.2 Å². The van der Waals surface area contributed by atoms with Crippen molar-refractivity contribution in [3.8, 4) is 11.6 Å². The Morgan fingerprint density at radius 3 is 2.87 bits per heavy atom. The van der Waals surface area contributed by atoms with E-state index in [4.69, 9.17) is 14.1 Å². The van der Waals surface area contributed by atoms with Gasteiger partial charge >= 0.3 is 0 Å². The molecule has 1 fully saturated rings. The van der Waals surface area contributed by atoms with Crippen LogP contribution >= 0.6 is 24.0 Å². The van der Waals surface area contributed by atoms with E-state index in [1.807, 2.05) is 12.1 Å². The van der Waals surface area contributed by atoms with Crippen molar-refractivity contribution in [3.63, 3.8) is 0 Å². The molecule has 2 aromatic heterocycles. The van der Waals surface area contributed by atoms with Gasteiger partial charge in [0.2, 0.25) is 5.82 Å². The Hall–Kier alpha value is -1.62. The minimum absolute atomic E-state index is 0. The van der Waals surface area contributed by atoms with E-state index in [0.29, 0.717) is 23.6 Å². The summed E-state index contributed by atoms with van der Waals surface area (Å²) < 4.78 is 11.3. The summed E-state index contributed by atoms with van der Waals surface area (Å²) in [5.41, 5.74) is 0. The molecule has 1 unspecified atom stereocenters. The molecule has 0 amide bonds. The number of ether oxygens (including phenoxy) is 1. The third-order valence-electron chi connectivity index (χ3n) is 5.26. The van der Waals surface area contributed by atoms with Gasteiger partial charge in [0.25, 0.3) is 0 Å². The van der Waals surface area contributed by atoms with E-state index < -0.39 is 0 Å². The average molecular weight is 530 g/mol. The molecule has 3 rings (SSSR count). The van der Waals surface area contributed by atoms with Gasteiger partial charge in [-0.25, -0.2) is 4.98 Å². The quantitative estimate of drug-likeness (QED) is 0.233. The number of halogens is 1. The minimum atomic E-state index is 0. The fraction of sp³-hybridized carbons (Fsp3) is 0.667. The molecular formula is C21H35IN6O2. The number of guanidine groups is 1. The highest BCUT2D eigenvalue weighted by Crippen LogP contribution is 2.30. The van der Waals surface area contributed by atoms with Crippen molar-refractivity contribution in [3.05, 3.63) is 24.2 Å². The molecule has 168 valence electrons.